The highest BCUT2D eigenvalue weighted by Crippen LogP contribution is 2.16. The van der Waals surface area contributed by atoms with Crippen LogP contribution >= 0.6 is 0 Å². The minimum absolute atomic E-state index is 0.649. The van der Waals surface area contributed by atoms with Gasteiger partial charge in [-0.25, -0.2) is 4.98 Å². The van der Waals surface area contributed by atoms with Gasteiger partial charge in [-0.2, -0.15) is 0 Å². The molecular formula is C11H15N3. The number of nitrogens with zero attached hydrogens (tertiary/aromatic N) is 2. The quantitative estimate of drug-likeness (QED) is 0.775. The third-order valence-electron chi connectivity index (χ3n) is 2.50. The van der Waals surface area contributed by atoms with E-state index >= 15 is 0 Å². The van der Waals surface area contributed by atoms with Crippen molar-refractivity contribution >= 4 is 11.0 Å². The van der Waals surface area contributed by atoms with Gasteiger partial charge in [0, 0.05) is 13.5 Å². The van der Waals surface area contributed by atoms with E-state index in [9.17, 15) is 0 Å². The lowest BCUT2D eigenvalue weighted by Gasteiger charge is -1.99. The van der Waals surface area contributed by atoms with Crippen LogP contribution in [0.25, 0.3) is 11.0 Å². The minimum Gasteiger partial charge on any atom is -0.331 e. The second kappa shape index (κ2) is 3.42. The van der Waals surface area contributed by atoms with Gasteiger partial charge in [-0.15, -0.1) is 0 Å². The largest absolute Gasteiger partial charge is 0.331 e. The molecule has 0 fully saturated rings. The predicted octanol–water partition coefficient (Wildman–Crippen LogP) is 1.38. The second-order valence-electron chi connectivity index (χ2n) is 3.62. The normalized spacial score (nSPS) is 11.1. The van der Waals surface area contributed by atoms with Gasteiger partial charge in [-0.3, -0.25) is 0 Å². The molecule has 74 valence electrons. The molecule has 0 saturated carbocycles. The Bertz CT molecular complexity index is 457. The Kier molecular flexibility index (Phi) is 2.25. The molecule has 0 aliphatic heterocycles. The lowest BCUT2D eigenvalue weighted by atomic mass is 10.2. The maximum Gasteiger partial charge on any atom is 0.110 e. The van der Waals surface area contributed by atoms with Crippen LogP contribution in [0.15, 0.2) is 18.2 Å². The smallest absolute Gasteiger partial charge is 0.110 e. The summed E-state index contributed by atoms with van der Waals surface area (Å²) in [5.74, 6) is 1.06. The van der Waals surface area contributed by atoms with Crippen molar-refractivity contribution < 1.29 is 0 Å². The van der Waals surface area contributed by atoms with Gasteiger partial charge in [0.2, 0.25) is 0 Å². The Labute approximate surface area is 83.6 Å². The van der Waals surface area contributed by atoms with Crippen LogP contribution in [-0.4, -0.2) is 16.1 Å². The van der Waals surface area contributed by atoms with Crippen LogP contribution < -0.4 is 5.73 Å². The van der Waals surface area contributed by atoms with Gasteiger partial charge in [0.1, 0.15) is 5.82 Å². The van der Waals surface area contributed by atoms with Crippen molar-refractivity contribution in [1.82, 2.24) is 9.55 Å². The number of aromatic nitrogens is 2. The highest BCUT2D eigenvalue weighted by molar-refractivity contribution is 5.76. The second-order valence-corrected chi connectivity index (χ2v) is 3.62. The summed E-state index contributed by atoms with van der Waals surface area (Å²) >= 11 is 0. The third-order valence-corrected chi connectivity index (χ3v) is 2.50. The van der Waals surface area contributed by atoms with E-state index in [-0.39, 0.29) is 0 Å². The summed E-state index contributed by atoms with van der Waals surface area (Å²) in [6.45, 7) is 2.73. The van der Waals surface area contributed by atoms with Gasteiger partial charge in [0.15, 0.2) is 0 Å². The molecule has 0 atom stereocenters. The van der Waals surface area contributed by atoms with E-state index in [1.807, 2.05) is 7.05 Å². The molecule has 3 nitrogen and oxygen atoms in total. The zero-order valence-electron chi connectivity index (χ0n) is 8.62. The Morgan fingerprint density at radius 1 is 1.43 bits per heavy atom. The van der Waals surface area contributed by atoms with Gasteiger partial charge in [0.25, 0.3) is 0 Å². The average Bonchev–Trinajstić information content (AvgIpc) is 2.44. The Hall–Kier alpha value is -1.35. The Morgan fingerprint density at radius 2 is 2.21 bits per heavy atom. The van der Waals surface area contributed by atoms with E-state index in [0.717, 1.165) is 17.8 Å². The Balaban J connectivity index is 2.61. The van der Waals surface area contributed by atoms with Crippen LogP contribution in [0.5, 0.6) is 0 Å². The third kappa shape index (κ3) is 1.40. The zero-order valence-corrected chi connectivity index (χ0v) is 8.62. The first-order valence-electron chi connectivity index (χ1n) is 4.84. The maximum absolute atomic E-state index is 5.53. The molecule has 0 amide bonds. The number of aryl methyl sites for hydroxylation is 2. The number of nitrogens with two attached hydrogens (primary N) is 1. The van der Waals surface area contributed by atoms with E-state index in [4.69, 9.17) is 5.73 Å². The van der Waals surface area contributed by atoms with Crippen molar-refractivity contribution in [2.45, 2.75) is 13.3 Å². The first kappa shape index (κ1) is 9.21. The summed E-state index contributed by atoms with van der Waals surface area (Å²) in [6.07, 6.45) is 0.838. The molecule has 0 spiro atoms. The first-order chi connectivity index (χ1) is 6.72. The van der Waals surface area contributed by atoms with Crippen molar-refractivity contribution in [3.8, 4) is 0 Å². The summed E-state index contributed by atoms with van der Waals surface area (Å²) in [5.41, 5.74) is 9.02. The van der Waals surface area contributed by atoms with E-state index < -0.39 is 0 Å². The van der Waals surface area contributed by atoms with E-state index in [1.165, 1.54) is 11.1 Å². The van der Waals surface area contributed by atoms with Crippen molar-refractivity contribution in [3.05, 3.63) is 29.6 Å². The highest BCUT2D eigenvalue weighted by atomic mass is 15.1. The molecule has 2 N–H and O–H groups in total. The number of fused-ring (bicyclic) bond motifs is 1. The number of hydrogen-bond acceptors (Lipinski definition) is 2. The molecule has 1 aromatic heterocycles. The number of rotatable bonds is 2. The van der Waals surface area contributed by atoms with Gasteiger partial charge in [0.05, 0.1) is 11.0 Å². The summed E-state index contributed by atoms with van der Waals surface area (Å²) in [4.78, 5) is 4.55. The van der Waals surface area contributed by atoms with Gasteiger partial charge in [-0.1, -0.05) is 6.07 Å². The highest BCUT2D eigenvalue weighted by Gasteiger charge is 2.05. The molecule has 2 rings (SSSR count). The Morgan fingerprint density at radius 3 is 2.93 bits per heavy atom. The van der Waals surface area contributed by atoms with Crippen LogP contribution in [0.4, 0.5) is 0 Å². The molecule has 0 bridgehead atoms. The summed E-state index contributed by atoms with van der Waals surface area (Å²) in [6, 6.07) is 6.32. The molecule has 0 saturated heterocycles. The van der Waals surface area contributed by atoms with E-state index in [1.54, 1.807) is 0 Å². The first-order valence-corrected chi connectivity index (χ1v) is 4.84. The summed E-state index contributed by atoms with van der Waals surface area (Å²) in [5, 5.41) is 0. The van der Waals surface area contributed by atoms with Gasteiger partial charge >= 0.3 is 0 Å². The van der Waals surface area contributed by atoms with Crippen LogP contribution in [0, 0.1) is 6.92 Å². The SMILES string of the molecule is Cc1ccc2c(c1)nc(CCN)n2C. The minimum atomic E-state index is 0.649. The van der Waals surface area contributed by atoms with E-state index in [0.29, 0.717) is 6.54 Å². The fraction of sp³-hybridized carbons (Fsp3) is 0.364. The van der Waals surface area contributed by atoms with Crippen LogP contribution in [-0.2, 0) is 13.5 Å². The molecule has 1 aromatic carbocycles. The molecule has 0 unspecified atom stereocenters. The van der Waals surface area contributed by atoms with Crippen LogP contribution in [0.3, 0.4) is 0 Å². The average molecular weight is 189 g/mol. The van der Waals surface area contributed by atoms with Crippen molar-refractivity contribution in [1.29, 1.82) is 0 Å². The number of hydrogen-bond donors (Lipinski definition) is 1. The molecule has 3 heteroatoms. The molecular weight excluding hydrogens is 174 g/mol. The zero-order chi connectivity index (χ0) is 10.1. The maximum atomic E-state index is 5.53. The van der Waals surface area contributed by atoms with Crippen molar-refractivity contribution in [3.63, 3.8) is 0 Å². The fourth-order valence-corrected chi connectivity index (χ4v) is 1.71. The number of imidazole rings is 1. The molecule has 0 aliphatic carbocycles. The molecule has 14 heavy (non-hydrogen) atoms. The van der Waals surface area contributed by atoms with Crippen LogP contribution in [0.1, 0.15) is 11.4 Å². The summed E-state index contributed by atoms with van der Waals surface area (Å²) in [7, 11) is 2.04. The lowest BCUT2D eigenvalue weighted by Crippen LogP contribution is -2.07. The van der Waals surface area contributed by atoms with Gasteiger partial charge in [-0.05, 0) is 31.2 Å². The summed E-state index contributed by atoms with van der Waals surface area (Å²) < 4.78 is 2.11. The number of benzene rings is 1. The fourth-order valence-electron chi connectivity index (χ4n) is 1.71. The molecule has 1 heterocycles. The predicted molar refractivity (Wildman–Crippen MR) is 58.2 cm³/mol. The molecule has 2 aromatic rings. The molecule has 0 radical (unpaired) electrons. The monoisotopic (exact) mass is 189 g/mol. The standard InChI is InChI=1S/C11H15N3/c1-8-3-4-10-9(7-8)13-11(5-6-12)14(10)2/h3-4,7H,5-6,12H2,1-2H3. The topological polar surface area (TPSA) is 43.8 Å². The van der Waals surface area contributed by atoms with Crippen molar-refractivity contribution in [2.24, 2.45) is 12.8 Å². The van der Waals surface area contributed by atoms with E-state index in [2.05, 4.69) is 34.7 Å². The van der Waals surface area contributed by atoms with Crippen molar-refractivity contribution in [2.75, 3.05) is 6.54 Å². The lowest BCUT2D eigenvalue weighted by molar-refractivity contribution is 0.794. The van der Waals surface area contributed by atoms with Gasteiger partial charge < -0.3 is 10.3 Å². The van der Waals surface area contributed by atoms with Crippen LogP contribution in [0.2, 0.25) is 0 Å². The molecule has 0 aliphatic rings.